The van der Waals surface area contributed by atoms with Crippen LogP contribution in [0.3, 0.4) is 0 Å². The van der Waals surface area contributed by atoms with E-state index < -0.39 is 5.23 Å². The van der Waals surface area contributed by atoms with Gasteiger partial charge in [-0.2, -0.15) is 5.23 Å². The van der Waals surface area contributed by atoms with E-state index in [2.05, 4.69) is 5.32 Å². The number of hydrogen-bond donors (Lipinski definition) is 5. The van der Waals surface area contributed by atoms with Gasteiger partial charge >= 0.3 is 0 Å². The standard InChI is InChI=1S/C8H13N3O3/c9-6-1-2-7(10-3-4-12)8(5-6)11(13)14/h1-2,5,10-13H,3-4,9H2. The van der Waals surface area contributed by atoms with E-state index in [0.29, 0.717) is 17.9 Å². The minimum absolute atomic E-state index is 0.0521. The lowest BCUT2D eigenvalue weighted by Gasteiger charge is -2.16. The highest BCUT2D eigenvalue weighted by molar-refractivity contribution is 5.66. The molecule has 14 heavy (non-hydrogen) atoms. The molecule has 0 aliphatic heterocycles. The van der Waals surface area contributed by atoms with Gasteiger partial charge in [0.15, 0.2) is 5.69 Å². The fraction of sp³-hybridized carbons (Fsp3) is 0.250. The van der Waals surface area contributed by atoms with E-state index in [1.165, 1.54) is 6.07 Å². The molecule has 0 saturated carbocycles. The van der Waals surface area contributed by atoms with Crippen molar-refractivity contribution in [3.63, 3.8) is 0 Å². The number of hydrogen-bond acceptors (Lipinski definition) is 5. The summed E-state index contributed by atoms with van der Waals surface area (Å²) in [5.74, 6) is 0. The molecule has 0 heterocycles. The monoisotopic (exact) mass is 199 g/mol. The number of nitrogen functional groups attached to an aromatic ring is 1. The minimum Gasteiger partial charge on any atom is -0.595 e. The van der Waals surface area contributed by atoms with Crippen molar-refractivity contribution >= 4 is 17.1 Å². The topological polar surface area (TPSA) is 106 Å². The Morgan fingerprint density at radius 2 is 2.21 bits per heavy atom. The molecule has 0 amide bonds. The number of benzene rings is 1. The molecule has 78 valence electrons. The SMILES string of the molecule is Nc1ccc(NCCO)c([NH+]([O-])O)c1. The van der Waals surface area contributed by atoms with Gasteiger partial charge in [0.05, 0.1) is 12.3 Å². The third kappa shape index (κ3) is 2.57. The van der Waals surface area contributed by atoms with Crippen LogP contribution in [0.4, 0.5) is 17.1 Å². The fourth-order valence-electron chi connectivity index (χ4n) is 1.08. The highest BCUT2D eigenvalue weighted by Gasteiger charge is 2.08. The van der Waals surface area contributed by atoms with Crippen LogP contribution in [-0.4, -0.2) is 23.5 Å². The van der Waals surface area contributed by atoms with Gasteiger partial charge < -0.3 is 21.4 Å². The second kappa shape index (κ2) is 4.77. The molecule has 1 aromatic rings. The van der Waals surface area contributed by atoms with Gasteiger partial charge in [0, 0.05) is 18.3 Å². The maximum absolute atomic E-state index is 10.8. The van der Waals surface area contributed by atoms with E-state index in [1.54, 1.807) is 12.1 Å². The highest BCUT2D eigenvalue weighted by atomic mass is 16.8. The zero-order valence-electron chi connectivity index (χ0n) is 7.53. The zero-order valence-corrected chi connectivity index (χ0v) is 7.53. The molecular weight excluding hydrogens is 186 g/mol. The summed E-state index contributed by atoms with van der Waals surface area (Å²) in [6.45, 7) is 0.258. The van der Waals surface area contributed by atoms with Crippen molar-refractivity contribution in [3.05, 3.63) is 23.4 Å². The molecule has 0 fully saturated rings. The van der Waals surface area contributed by atoms with Gasteiger partial charge in [0.2, 0.25) is 0 Å². The van der Waals surface area contributed by atoms with Gasteiger partial charge in [-0.3, -0.25) is 0 Å². The summed E-state index contributed by atoms with van der Waals surface area (Å²) in [5, 5.41) is 29.9. The summed E-state index contributed by atoms with van der Waals surface area (Å²) in [5.41, 5.74) is 6.42. The predicted octanol–water partition coefficient (Wildman–Crippen LogP) is -0.924. The molecule has 0 aliphatic carbocycles. The molecule has 6 nitrogen and oxygen atoms in total. The van der Waals surface area contributed by atoms with Crippen LogP contribution < -0.4 is 16.3 Å². The Hall–Kier alpha value is -1.34. The summed E-state index contributed by atoms with van der Waals surface area (Å²) in [6.07, 6.45) is 0. The van der Waals surface area contributed by atoms with Crippen LogP contribution in [0.5, 0.6) is 0 Å². The molecule has 1 unspecified atom stereocenters. The van der Waals surface area contributed by atoms with Crippen molar-refractivity contribution in [1.29, 1.82) is 0 Å². The smallest absolute Gasteiger partial charge is 0.189 e. The molecule has 0 saturated heterocycles. The van der Waals surface area contributed by atoms with Crippen LogP contribution in [0.15, 0.2) is 18.2 Å². The summed E-state index contributed by atoms with van der Waals surface area (Å²) < 4.78 is 0. The first-order valence-electron chi connectivity index (χ1n) is 4.12. The largest absolute Gasteiger partial charge is 0.595 e. The lowest BCUT2D eigenvalue weighted by atomic mass is 10.2. The van der Waals surface area contributed by atoms with Crippen molar-refractivity contribution in [2.75, 3.05) is 24.2 Å². The molecular formula is C8H13N3O3. The van der Waals surface area contributed by atoms with E-state index in [1.807, 2.05) is 0 Å². The molecule has 0 radical (unpaired) electrons. The third-order valence-electron chi connectivity index (χ3n) is 1.70. The molecule has 1 rings (SSSR count). The summed E-state index contributed by atoms with van der Waals surface area (Å²) >= 11 is 0. The minimum atomic E-state index is -1.04. The fourth-order valence-corrected chi connectivity index (χ4v) is 1.08. The average Bonchev–Trinajstić information content (AvgIpc) is 2.15. The van der Waals surface area contributed by atoms with E-state index in [-0.39, 0.29) is 12.3 Å². The third-order valence-corrected chi connectivity index (χ3v) is 1.70. The summed E-state index contributed by atoms with van der Waals surface area (Å²) in [6, 6.07) is 4.56. The Kier molecular flexibility index (Phi) is 3.66. The van der Waals surface area contributed by atoms with E-state index in [9.17, 15) is 5.21 Å². The lowest BCUT2D eigenvalue weighted by Crippen LogP contribution is -2.99. The maximum Gasteiger partial charge on any atom is 0.189 e. The number of anilines is 2. The molecule has 0 aliphatic rings. The Balaban J connectivity index is 2.90. The number of nitrogens with two attached hydrogens (primary N) is 1. The number of aliphatic hydroxyl groups is 1. The molecule has 6 heteroatoms. The average molecular weight is 199 g/mol. The summed E-state index contributed by atoms with van der Waals surface area (Å²) in [7, 11) is 0. The Morgan fingerprint density at radius 3 is 2.79 bits per heavy atom. The van der Waals surface area contributed by atoms with Gasteiger partial charge in [0.25, 0.3) is 0 Å². The number of aliphatic hydroxyl groups excluding tert-OH is 1. The van der Waals surface area contributed by atoms with E-state index in [4.69, 9.17) is 16.0 Å². The van der Waals surface area contributed by atoms with Crippen molar-refractivity contribution in [3.8, 4) is 0 Å². The van der Waals surface area contributed by atoms with Crippen molar-refractivity contribution in [2.24, 2.45) is 0 Å². The van der Waals surface area contributed by atoms with Gasteiger partial charge in [0.1, 0.15) is 0 Å². The molecule has 0 aromatic heterocycles. The first-order chi connectivity index (χ1) is 6.65. The van der Waals surface area contributed by atoms with Crippen molar-refractivity contribution < 1.29 is 15.5 Å². The Labute approximate surface area is 81.1 Å². The molecule has 1 aromatic carbocycles. The van der Waals surface area contributed by atoms with Gasteiger partial charge in [-0.15, -0.1) is 0 Å². The first-order valence-corrected chi connectivity index (χ1v) is 4.12. The normalized spacial score (nSPS) is 12.5. The van der Waals surface area contributed by atoms with Gasteiger partial charge in [-0.1, -0.05) is 0 Å². The lowest BCUT2D eigenvalue weighted by molar-refractivity contribution is -0.990. The van der Waals surface area contributed by atoms with Crippen molar-refractivity contribution in [2.45, 2.75) is 0 Å². The zero-order chi connectivity index (χ0) is 10.6. The molecule has 1 atom stereocenters. The number of quaternary nitrogens is 1. The molecule has 6 N–H and O–H groups in total. The summed E-state index contributed by atoms with van der Waals surface area (Å²) in [4.78, 5) is 0. The van der Waals surface area contributed by atoms with Crippen LogP contribution in [0.2, 0.25) is 0 Å². The highest BCUT2D eigenvalue weighted by Crippen LogP contribution is 2.20. The Bertz CT molecular complexity index is 304. The predicted molar refractivity (Wildman–Crippen MR) is 52.2 cm³/mol. The van der Waals surface area contributed by atoms with Crippen LogP contribution in [0, 0.1) is 5.21 Å². The Morgan fingerprint density at radius 1 is 1.50 bits per heavy atom. The quantitative estimate of drug-likeness (QED) is 0.318. The van der Waals surface area contributed by atoms with Crippen LogP contribution in [0.1, 0.15) is 0 Å². The van der Waals surface area contributed by atoms with Crippen molar-refractivity contribution in [1.82, 2.24) is 0 Å². The van der Waals surface area contributed by atoms with E-state index >= 15 is 0 Å². The maximum atomic E-state index is 10.8. The van der Waals surface area contributed by atoms with Crippen LogP contribution in [0.25, 0.3) is 0 Å². The number of nitrogens with one attached hydrogen (secondary N) is 2. The molecule has 0 bridgehead atoms. The second-order valence-corrected chi connectivity index (χ2v) is 2.76. The number of rotatable bonds is 4. The first kappa shape index (κ1) is 10.7. The molecule has 0 spiro atoms. The van der Waals surface area contributed by atoms with E-state index in [0.717, 1.165) is 0 Å². The second-order valence-electron chi connectivity index (χ2n) is 2.76. The van der Waals surface area contributed by atoms with Gasteiger partial charge in [-0.25, -0.2) is 5.21 Å². The van der Waals surface area contributed by atoms with Crippen LogP contribution >= 0.6 is 0 Å². The van der Waals surface area contributed by atoms with Gasteiger partial charge in [-0.05, 0) is 12.1 Å². The van der Waals surface area contributed by atoms with Crippen LogP contribution in [-0.2, 0) is 0 Å².